The summed E-state index contributed by atoms with van der Waals surface area (Å²) in [6.07, 6.45) is 3.44. The summed E-state index contributed by atoms with van der Waals surface area (Å²) in [7, 11) is -3.12. The SMILES string of the molecule is CC(NC(C)C1CCOCC1)c1ccc(S(C)(=O)=O)cc1. The van der Waals surface area contributed by atoms with Crippen molar-refractivity contribution >= 4 is 9.84 Å². The fourth-order valence-electron chi connectivity index (χ4n) is 2.85. The third-order valence-corrected chi connectivity index (χ3v) is 5.42. The second-order valence-electron chi connectivity index (χ2n) is 5.97. The van der Waals surface area contributed by atoms with Crippen LogP contribution in [-0.2, 0) is 14.6 Å². The summed E-state index contributed by atoms with van der Waals surface area (Å²) >= 11 is 0. The molecule has 5 heteroatoms. The van der Waals surface area contributed by atoms with Crippen LogP contribution in [0.2, 0.25) is 0 Å². The van der Waals surface area contributed by atoms with Crippen LogP contribution >= 0.6 is 0 Å². The van der Waals surface area contributed by atoms with Gasteiger partial charge in [-0.15, -0.1) is 0 Å². The Bertz CT molecular complexity index is 547. The second kappa shape index (κ2) is 6.90. The first-order valence-corrected chi connectivity index (χ1v) is 9.41. The molecule has 1 aromatic carbocycles. The average Bonchev–Trinajstić information content (AvgIpc) is 2.47. The predicted octanol–water partition coefficient (Wildman–Crippen LogP) is 2.56. The molecular weight excluding hydrogens is 286 g/mol. The van der Waals surface area contributed by atoms with E-state index in [4.69, 9.17) is 4.74 Å². The lowest BCUT2D eigenvalue weighted by Crippen LogP contribution is -2.38. The van der Waals surface area contributed by atoms with E-state index >= 15 is 0 Å². The van der Waals surface area contributed by atoms with Crippen LogP contribution in [0, 0.1) is 5.92 Å². The van der Waals surface area contributed by atoms with Crippen molar-refractivity contribution in [1.29, 1.82) is 0 Å². The average molecular weight is 311 g/mol. The van der Waals surface area contributed by atoms with Gasteiger partial charge in [0.15, 0.2) is 9.84 Å². The van der Waals surface area contributed by atoms with Gasteiger partial charge in [0.2, 0.25) is 0 Å². The maximum absolute atomic E-state index is 11.5. The predicted molar refractivity (Wildman–Crippen MR) is 84.1 cm³/mol. The number of hydrogen-bond acceptors (Lipinski definition) is 4. The fraction of sp³-hybridized carbons (Fsp3) is 0.625. The van der Waals surface area contributed by atoms with E-state index in [9.17, 15) is 8.42 Å². The highest BCUT2D eigenvalue weighted by atomic mass is 32.2. The standard InChI is InChI=1S/C16H25NO3S/c1-12(17-13(2)15-8-10-20-11-9-15)14-4-6-16(7-5-14)21(3,18)19/h4-7,12-13,15,17H,8-11H2,1-3H3. The summed E-state index contributed by atoms with van der Waals surface area (Å²) in [4.78, 5) is 0.371. The summed E-state index contributed by atoms with van der Waals surface area (Å²) in [5, 5.41) is 3.62. The van der Waals surface area contributed by atoms with Crippen molar-refractivity contribution in [2.24, 2.45) is 5.92 Å². The van der Waals surface area contributed by atoms with Gasteiger partial charge in [-0.1, -0.05) is 12.1 Å². The van der Waals surface area contributed by atoms with Crippen molar-refractivity contribution in [3.8, 4) is 0 Å². The normalized spacial score (nSPS) is 20.1. The Morgan fingerprint density at radius 3 is 2.24 bits per heavy atom. The first-order chi connectivity index (χ1) is 9.88. The molecule has 0 aliphatic carbocycles. The van der Waals surface area contributed by atoms with E-state index in [1.54, 1.807) is 12.1 Å². The molecule has 118 valence electrons. The quantitative estimate of drug-likeness (QED) is 0.908. The van der Waals surface area contributed by atoms with Gasteiger partial charge in [0.1, 0.15) is 0 Å². The van der Waals surface area contributed by atoms with Crippen molar-refractivity contribution in [3.05, 3.63) is 29.8 Å². The van der Waals surface area contributed by atoms with Crippen LogP contribution in [0.3, 0.4) is 0 Å². The first kappa shape index (κ1) is 16.5. The maximum atomic E-state index is 11.5. The number of benzene rings is 1. The lowest BCUT2D eigenvalue weighted by atomic mass is 9.92. The molecule has 2 unspecified atom stereocenters. The highest BCUT2D eigenvalue weighted by Crippen LogP contribution is 2.22. The molecule has 0 bridgehead atoms. The largest absolute Gasteiger partial charge is 0.381 e. The molecule has 1 heterocycles. The van der Waals surface area contributed by atoms with E-state index in [-0.39, 0.29) is 6.04 Å². The molecule has 0 aromatic heterocycles. The lowest BCUT2D eigenvalue weighted by molar-refractivity contribution is 0.0547. The maximum Gasteiger partial charge on any atom is 0.175 e. The minimum atomic E-state index is -3.12. The molecule has 0 saturated carbocycles. The molecule has 2 rings (SSSR count). The van der Waals surface area contributed by atoms with Crippen LogP contribution in [0.4, 0.5) is 0 Å². The summed E-state index contributed by atoms with van der Waals surface area (Å²) in [5.74, 6) is 0.650. The van der Waals surface area contributed by atoms with Crippen molar-refractivity contribution in [2.45, 2.75) is 43.7 Å². The fourth-order valence-corrected chi connectivity index (χ4v) is 3.48. The van der Waals surface area contributed by atoms with Gasteiger partial charge in [0.25, 0.3) is 0 Å². The van der Waals surface area contributed by atoms with Gasteiger partial charge >= 0.3 is 0 Å². The van der Waals surface area contributed by atoms with Gasteiger partial charge < -0.3 is 10.1 Å². The molecule has 0 amide bonds. The second-order valence-corrected chi connectivity index (χ2v) is 7.98. The van der Waals surface area contributed by atoms with Gasteiger partial charge in [0, 0.05) is 31.6 Å². The van der Waals surface area contributed by atoms with Crippen LogP contribution in [0.15, 0.2) is 29.2 Å². The topological polar surface area (TPSA) is 55.4 Å². The van der Waals surface area contributed by atoms with Crippen molar-refractivity contribution < 1.29 is 13.2 Å². The third-order valence-electron chi connectivity index (χ3n) is 4.29. The van der Waals surface area contributed by atoms with Gasteiger partial charge in [-0.3, -0.25) is 0 Å². The smallest absolute Gasteiger partial charge is 0.175 e. The molecule has 1 aliphatic rings. The highest BCUT2D eigenvalue weighted by Gasteiger charge is 2.22. The first-order valence-electron chi connectivity index (χ1n) is 7.51. The molecule has 1 aliphatic heterocycles. The zero-order valence-electron chi connectivity index (χ0n) is 13.0. The molecule has 2 atom stereocenters. The molecule has 21 heavy (non-hydrogen) atoms. The van der Waals surface area contributed by atoms with E-state index in [1.807, 2.05) is 12.1 Å². The zero-order chi connectivity index (χ0) is 15.5. The van der Waals surface area contributed by atoms with Crippen molar-refractivity contribution in [1.82, 2.24) is 5.32 Å². The Balaban J connectivity index is 1.97. The number of hydrogen-bond donors (Lipinski definition) is 1. The van der Waals surface area contributed by atoms with Crippen LogP contribution in [-0.4, -0.2) is 33.9 Å². The highest BCUT2D eigenvalue weighted by molar-refractivity contribution is 7.90. The molecule has 0 spiro atoms. The Labute approximate surface area is 127 Å². The van der Waals surface area contributed by atoms with E-state index in [0.29, 0.717) is 16.9 Å². The molecule has 1 saturated heterocycles. The number of sulfone groups is 1. The van der Waals surface area contributed by atoms with Crippen molar-refractivity contribution in [2.75, 3.05) is 19.5 Å². The Morgan fingerprint density at radius 1 is 1.14 bits per heavy atom. The zero-order valence-corrected chi connectivity index (χ0v) is 13.8. The Kier molecular flexibility index (Phi) is 5.41. The lowest BCUT2D eigenvalue weighted by Gasteiger charge is -2.30. The summed E-state index contributed by atoms with van der Waals surface area (Å²) in [6, 6.07) is 7.79. The minimum absolute atomic E-state index is 0.205. The Morgan fingerprint density at radius 2 is 1.71 bits per heavy atom. The Hall–Kier alpha value is -0.910. The molecule has 4 nitrogen and oxygen atoms in total. The third kappa shape index (κ3) is 4.53. The monoisotopic (exact) mass is 311 g/mol. The summed E-state index contributed by atoms with van der Waals surface area (Å²) in [5.41, 5.74) is 1.11. The summed E-state index contributed by atoms with van der Waals surface area (Å²) in [6.45, 7) is 6.05. The van der Waals surface area contributed by atoms with Crippen LogP contribution in [0.5, 0.6) is 0 Å². The van der Waals surface area contributed by atoms with Crippen LogP contribution in [0.25, 0.3) is 0 Å². The van der Waals surface area contributed by atoms with Gasteiger partial charge in [0.05, 0.1) is 4.90 Å². The number of rotatable bonds is 5. The van der Waals surface area contributed by atoms with Gasteiger partial charge in [-0.2, -0.15) is 0 Å². The summed E-state index contributed by atoms with van der Waals surface area (Å²) < 4.78 is 28.3. The molecule has 1 N–H and O–H groups in total. The van der Waals surface area contributed by atoms with Crippen LogP contribution in [0.1, 0.15) is 38.3 Å². The molecular formula is C16H25NO3S. The van der Waals surface area contributed by atoms with E-state index < -0.39 is 9.84 Å². The van der Waals surface area contributed by atoms with E-state index in [2.05, 4.69) is 19.2 Å². The molecule has 1 aromatic rings. The minimum Gasteiger partial charge on any atom is -0.381 e. The van der Waals surface area contributed by atoms with E-state index in [1.165, 1.54) is 6.26 Å². The number of nitrogens with one attached hydrogen (secondary N) is 1. The van der Waals surface area contributed by atoms with Gasteiger partial charge in [-0.25, -0.2) is 8.42 Å². The van der Waals surface area contributed by atoms with Gasteiger partial charge in [-0.05, 0) is 50.3 Å². The van der Waals surface area contributed by atoms with Crippen molar-refractivity contribution in [3.63, 3.8) is 0 Å². The molecule has 1 fully saturated rings. The molecule has 0 radical (unpaired) electrons. The van der Waals surface area contributed by atoms with Crippen LogP contribution < -0.4 is 5.32 Å². The number of ether oxygens (including phenoxy) is 1. The van der Waals surface area contributed by atoms with E-state index in [0.717, 1.165) is 31.6 Å².